The third-order valence-electron chi connectivity index (χ3n) is 4.78. The summed E-state index contributed by atoms with van der Waals surface area (Å²) in [4.78, 5) is 0. The lowest BCUT2D eigenvalue weighted by atomic mass is 9.88. The monoisotopic (exact) mass is 351 g/mol. The second-order valence-electron chi connectivity index (χ2n) is 6.69. The second kappa shape index (κ2) is 7.26. The number of hydrogen-bond acceptors (Lipinski definition) is 2. The van der Waals surface area contributed by atoms with Crippen LogP contribution in [0.2, 0.25) is 0 Å². The third kappa shape index (κ3) is 4.54. The molecule has 2 nitrogen and oxygen atoms in total. The van der Waals surface area contributed by atoms with Gasteiger partial charge >= 0.3 is 0 Å². The van der Waals surface area contributed by atoms with Crippen LogP contribution in [-0.4, -0.2) is 12.1 Å². The summed E-state index contributed by atoms with van der Waals surface area (Å²) in [7, 11) is 0. The average Bonchev–Trinajstić information content (AvgIpc) is 3.30. The fourth-order valence-corrected chi connectivity index (χ4v) is 3.63. The molecule has 2 aliphatic carbocycles. The lowest BCUT2D eigenvalue weighted by Gasteiger charge is -2.28. The molecule has 116 valence electrons. The molecule has 0 heterocycles. The smallest absolute Gasteiger partial charge is 0.0731 e. The van der Waals surface area contributed by atoms with E-state index in [1.54, 1.807) is 0 Å². The summed E-state index contributed by atoms with van der Waals surface area (Å²) in [6.07, 6.45) is 8.36. The molecule has 2 atom stereocenters. The summed E-state index contributed by atoms with van der Waals surface area (Å²) in [5.74, 6) is 0.708. The molecular weight excluding hydrogens is 326 g/mol. The molecule has 2 saturated carbocycles. The summed E-state index contributed by atoms with van der Waals surface area (Å²) in [6.45, 7) is 4.03. The van der Waals surface area contributed by atoms with Gasteiger partial charge in [0.15, 0.2) is 0 Å². The number of rotatable bonds is 6. The molecule has 0 bridgehead atoms. The maximum Gasteiger partial charge on any atom is 0.0731 e. The van der Waals surface area contributed by atoms with Crippen LogP contribution in [0.15, 0.2) is 22.7 Å². The van der Waals surface area contributed by atoms with Gasteiger partial charge in [0.1, 0.15) is 0 Å². The summed E-state index contributed by atoms with van der Waals surface area (Å²) < 4.78 is 7.35. The van der Waals surface area contributed by atoms with Crippen molar-refractivity contribution < 1.29 is 4.74 Å². The molecule has 0 radical (unpaired) electrons. The molecule has 0 amide bonds. The van der Waals surface area contributed by atoms with Gasteiger partial charge in [0, 0.05) is 17.1 Å². The molecule has 21 heavy (non-hydrogen) atoms. The standard InChI is InChI=1S/C18H26BrNO/c1-13-4-2-3-5-18(13)21-12-15-7-6-14(10-17(15)19)11-20-16-8-9-16/h6-7,10,13,16,18,20H,2-5,8-9,11-12H2,1H3. The van der Waals surface area contributed by atoms with Crippen molar-refractivity contribution in [2.45, 2.75) is 70.7 Å². The number of hydrogen-bond donors (Lipinski definition) is 1. The van der Waals surface area contributed by atoms with Crippen LogP contribution in [0.25, 0.3) is 0 Å². The van der Waals surface area contributed by atoms with Crippen LogP contribution < -0.4 is 5.32 Å². The first-order valence-electron chi connectivity index (χ1n) is 8.34. The van der Waals surface area contributed by atoms with Gasteiger partial charge in [-0.3, -0.25) is 0 Å². The highest BCUT2D eigenvalue weighted by Gasteiger charge is 2.22. The quantitative estimate of drug-likeness (QED) is 0.794. The van der Waals surface area contributed by atoms with E-state index in [1.165, 1.54) is 54.1 Å². The van der Waals surface area contributed by atoms with Gasteiger partial charge in [-0.05, 0) is 48.8 Å². The molecular formula is C18H26BrNO. The molecule has 2 unspecified atom stereocenters. The van der Waals surface area contributed by atoms with E-state index in [-0.39, 0.29) is 0 Å². The normalized spacial score (nSPS) is 26.0. The molecule has 3 rings (SSSR count). The largest absolute Gasteiger partial charge is 0.373 e. The lowest BCUT2D eigenvalue weighted by molar-refractivity contribution is -0.0156. The lowest BCUT2D eigenvalue weighted by Crippen LogP contribution is -2.25. The van der Waals surface area contributed by atoms with Gasteiger partial charge in [-0.2, -0.15) is 0 Å². The SMILES string of the molecule is CC1CCCCC1OCc1ccc(CNC2CC2)cc1Br. The molecule has 1 aromatic carbocycles. The summed E-state index contributed by atoms with van der Waals surface area (Å²) in [5, 5.41) is 3.56. The fourth-order valence-electron chi connectivity index (χ4n) is 3.09. The first-order valence-corrected chi connectivity index (χ1v) is 9.14. The summed E-state index contributed by atoms with van der Waals surface area (Å²) >= 11 is 3.70. The maximum atomic E-state index is 6.16. The van der Waals surface area contributed by atoms with Gasteiger partial charge in [-0.15, -0.1) is 0 Å². The Bertz CT molecular complexity index is 472. The van der Waals surface area contributed by atoms with Crippen molar-refractivity contribution in [1.82, 2.24) is 5.32 Å². The van der Waals surface area contributed by atoms with Crippen molar-refractivity contribution in [3.8, 4) is 0 Å². The van der Waals surface area contributed by atoms with E-state index in [0.717, 1.165) is 19.2 Å². The second-order valence-corrected chi connectivity index (χ2v) is 7.55. The summed E-state index contributed by atoms with van der Waals surface area (Å²) in [6, 6.07) is 7.43. The minimum Gasteiger partial charge on any atom is -0.373 e. The Labute approximate surface area is 136 Å². The Hall–Kier alpha value is -0.380. The Balaban J connectivity index is 1.52. The number of benzene rings is 1. The van der Waals surface area contributed by atoms with Crippen molar-refractivity contribution in [3.63, 3.8) is 0 Å². The van der Waals surface area contributed by atoms with E-state index in [9.17, 15) is 0 Å². The maximum absolute atomic E-state index is 6.16. The predicted molar refractivity (Wildman–Crippen MR) is 90.2 cm³/mol. The van der Waals surface area contributed by atoms with Gasteiger partial charge in [0.2, 0.25) is 0 Å². The van der Waals surface area contributed by atoms with E-state index in [4.69, 9.17) is 4.74 Å². The van der Waals surface area contributed by atoms with Crippen LogP contribution in [0.4, 0.5) is 0 Å². The van der Waals surface area contributed by atoms with Crippen molar-refractivity contribution in [2.24, 2.45) is 5.92 Å². The minimum atomic E-state index is 0.446. The van der Waals surface area contributed by atoms with Gasteiger partial charge in [-0.25, -0.2) is 0 Å². The molecule has 0 spiro atoms. The summed E-state index contributed by atoms with van der Waals surface area (Å²) in [5.41, 5.74) is 2.62. The van der Waals surface area contributed by atoms with Crippen molar-refractivity contribution in [1.29, 1.82) is 0 Å². The number of ether oxygens (including phenoxy) is 1. The van der Waals surface area contributed by atoms with E-state index >= 15 is 0 Å². The minimum absolute atomic E-state index is 0.446. The molecule has 0 saturated heterocycles. The van der Waals surface area contributed by atoms with Crippen LogP contribution in [-0.2, 0) is 17.9 Å². The molecule has 1 aromatic rings. The van der Waals surface area contributed by atoms with Gasteiger partial charge in [-0.1, -0.05) is 47.8 Å². The first kappa shape index (κ1) is 15.5. The van der Waals surface area contributed by atoms with Crippen LogP contribution in [0, 0.1) is 5.92 Å². The van der Waals surface area contributed by atoms with Crippen molar-refractivity contribution >= 4 is 15.9 Å². The van der Waals surface area contributed by atoms with Crippen LogP contribution in [0.5, 0.6) is 0 Å². The Kier molecular flexibility index (Phi) is 5.36. The van der Waals surface area contributed by atoms with Gasteiger partial charge < -0.3 is 10.1 Å². The zero-order valence-electron chi connectivity index (χ0n) is 12.9. The van der Waals surface area contributed by atoms with Crippen LogP contribution in [0.3, 0.4) is 0 Å². The van der Waals surface area contributed by atoms with E-state index in [2.05, 4.69) is 46.4 Å². The van der Waals surface area contributed by atoms with E-state index < -0.39 is 0 Å². The third-order valence-corrected chi connectivity index (χ3v) is 5.51. The topological polar surface area (TPSA) is 21.3 Å². The number of halogens is 1. The Morgan fingerprint density at radius 1 is 1.19 bits per heavy atom. The van der Waals surface area contributed by atoms with E-state index in [1.807, 2.05) is 0 Å². The highest BCUT2D eigenvalue weighted by Crippen LogP contribution is 2.28. The van der Waals surface area contributed by atoms with Crippen LogP contribution in [0.1, 0.15) is 56.6 Å². The van der Waals surface area contributed by atoms with Gasteiger partial charge in [0.05, 0.1) is 12.7 Å². The Morgan fingerprint density at radius 2 is 2.00 bits per heavy atom. The zero-order valence-corrected chi connectivity index (χ0v) is 14.5. The van der Waals surface area contributed by atoms with Crippen LogP contribution >= 0.6 is 15.9 Å². The zero-order chi connectivity index (χ0) is 14.7. The van der Waals surface area contributed by atoms with Crippen molar-refractivity contribution in [3.05, 3.63) is 33.8 Å². The average molecular weight is 352 g/mol. The van der Waals surface area contributed by atoms with Gasteiger partial charge in [0.25, 0.3) is 0 Å². The molecule has 2 aliphatic rings. The number of nitrogens with one attached hydrogen (secondary N) is 1. The highest BCUT2D eigenvalue weighted by molar-refractivity contribution is 9.10. The Morgan fingerprint density at radius 3 is 2.71 bits per heavy atom. The fraction of sp³-hybridized carbons (Fsp3) is 0.667. The first-order chi connectivity index (χ1) is 10.2. The molecule has 0 aromatic heterocycles. The highest BCUT2D eigenvalue weighted by atomic mass is 79.9. The van der Waals surface area contributed by atoms with E-state index in [0.29, 0.717) is 12.0 Å². The van der Waals surface area contributed by atoms with Crippen molar-refractivity contribution in [2.75, 3.05) is 0 Å². The molecule has 0 aliphatic heterocycles. The molecule has 3 heteroatoms. The molecule has 1 N–H and O–H groups in total. The predicted octanol–water partition coefficient (Wildman–Crippen LogP) is 4.80. The molecule has 2 fully saturated rings.